The summed E-state index contributed by atoms with van der Waals surface area (Å²) < 4.78 is 11.0. The number of esters is 1. The van der Waals surface area contributed by atoms with E-state index in [4.69, 9.17) is 9.16 Å². The molecule has 0 amide bonds. The molecule has 0 saturated heterocycles. The lowest BCUT2D eigenvalue weighted by atomic mass is 9.98. The van der Waals surface area contributed by atoms with Gasteiger partial charge in [0.15, 0.2) is 8.32 Å². The standard InChI is InChI=1S/C14H22O3Si/c1-11(14(15)16-2)13(17-18(3,4)5)12-9-7-6-8-10-12/h6-11,13H,1-5H3/t11-,13+/m0/s1. The molecule has 0 N–H and O–H groups in total. The average Bonchev–Trinajstić information content (AvgIpc) is 2.34. The monoisotopic (exact) mass is 266 g/mol. The molecular formula is C14H22O3Si. The second-order valence-electron chi connectivity index (χ2n) is 5.37. The summed E-state index contributed by atoms with van der Waals surface area (Å²) in [6.07, 6.45) is -0.231. The van der Waals surface area contributed by atoms with Crippen LogP contribution in [0.2, 0.25) is 19.6 Å². The van der Waals surface area contributed by atoms with E-state index in [2.05, 4.69) is 19.6 Å². The number of carbonyl (C=O) groups excluding carboxylic acids is 1. The van der Waals surface area contributed by atoms with Gasteiger partial charge >= 0.3 is 5.97 Å². The predicted octanol–water partition coefficient (Wildman–Crippen LogP) is 3.39. The molecule has 2 atom stereocenters. The highest BCUT2D eigenvalue weighted by molar-refractivity contribution is 6.69. The molecule has 100 valence electrons. The predicted molar refractivity (Wildman–Crippen MR) is 74.8 cm³/mol. The fourth-order valence-corrected chi connectivity index (χ4v) is 2.89. The van der Waals surface area contributed by atoms with E-state index in [9.17, 15) is 4.79 Å². The van der Waals surface area contributed by atoms with Crippen molar-refractivity contribution >= 4 is 14.3 Å². The Morgan fingerprint density at radius 1 is 1.17 bits per heavy atom. The quantitative estimate of drug-likeness (QED) is 0.605. The lowest BCUT2D eigenvalue weighted by Gasteiger charge is -2.30. The summed E-state index contributed by atoms with van der Waals surface area (Å²) in [6, 6.07) is 9.85. The van der Waals surface area contributed by atoms with Gasteiger partial charge < -0.3 is 9.16 Å². The Hall–Kier alpha value is -1.13. The SMILES string of the molecule is COC(=O)[C@@H](C)[C@@H](O[Si](C)(C)C)c1ccccc1. The van der Waals surface area contributed by atoms with Crippen molar-refractivity contribution in [2.45, 2.75) is 32.7 Å². The number of benzene rings is 1. The highest BCUT2D eigenvalue weighted by atomic mass is 28.4. The van der Waals surface area contributed by atoms with Crippen LogP contribution in [0.1, 0.15) is 18.6 Å². The fraction of sp³-hybridized carbons (Fsp3) is 0.500. The van der Waals surface area contributed by atoms with Gasteiger partial charge in [-0.2, -0.15) is 0 Å². The first-order valence-corrected chi connectivity index (χ1v) is 9.56. The molecule has 0 unspecified atom stereocenters. The Balaban J connectivity index is 2.99. The van der Waals surface area contributed by atoms with E-state index in [1.54, 1.807) is 0 Å². The molecule has 0 aromatic heterocycles. The molecule has 18 heavy (non-hydrogen) atoms. The van der Waals surface area contributed by atoms with Gasteiger partial charge in [-0.1, -0.05) is 30.3 Å². The highest BCUT2D eigenvalue weighted by Crippen LogP contribution is 2.30. The van der Waals surface area contributed by atoms with Crippen molar-refractivity contribution in [3.8, 4) is 0 Å². The maximum atomic E-state index is 11.7. The zero-order chi connectivity index (χ0) is 13.8. The number of ether oxygens (including phenoxy) is 1. The normalized spacial score (nSPS) is 14.9. The Bertz CT molecular complexity index is 384. The Morgan fingerprint density at radius 3 is 2.17 bits per heavy atom. The van der Waals surface area contributed by atoms with Crippen molar-refractivity contribution in [2.24, 2.45) is 5.92 Å². The van der Waals surface area contributed by atoms with Gasteiger partial charge in [0.2, 0.25) is 0 Å². The smallest absolute Gasteiger partial charge is 0.311 e. The molecular weight excluding hydrogens is 244 g/mol. The first-order chi connectivity index (χ1) is 8.35. The largest absolute Gasteiger partial charge is 0.469 e. The van der Waals surface area contributed by atoms with Gasteiger partial charge in [0, 0.05) is 0 Å². The van der Waals surface area contributed by atoms with Crippen molar-refractivity contribution in [3.05, 3.63) is 35.9 Å². The molecule has 0 aliphatic rings. The number of methoxy groups -OCH3 is 1. The lowest BCUT2D eigenvalue weighted by molar-refractivity contribution is -0.148. The van der Waals surface area contributed by atoms with E-state index in [0.29, 0.717) is 0 Å². The molecule has 0 radical (unpaired) electrons. The van der Waals surface area contributed by atoms with Gasteiger partial charge in [0.1, 0.15) is 0 Å². The van der Waals surface area contributed by atoms with Crippen LogP contribution in [0.4, 0.5) is 0 Å². The Morgan fingerprint density at radius 2 is 1.72 bits per heavy atom. The van der Waals surface area contributed by atoms with Crippen molar-refractivity contribution < 1.29 is 14.0 Å². The maximum Gasteiger partial charge on any atom is 0.311 e. The summed E-state index contributed by atoms with van der Waals surface area (Å²) in [6.45, 7) is 8.20. The van der Waals surface area contributed by atoms with Crippen molar-refractivity contribution in [3.63, 3.8) is 0 Å². The number of carbonyl (C=O) groups is 1. The van der Waals surface area contributed by atoms with Gasteiger partial charge in [-0.15, -0.1) is 0 Å². The number of hydrogen-bond donors (Lipinski definition) is 0. The first kappa shape index (κ1) is 14.9. The number of hydrogen-bond acceptors (Lipinski definition) is 3. The minimum Gasteiger partial charge on any atom is -0.469 e. The Kier molecular flexibility index (Phi) is 5.11. The maximum absolute atomic E-state index is 11.7. The van der Waals surface area contributed by atoms with E-state index in [1.165, 1.54) is 7.11 Å². The van der Waals surface area contributed by atoms with E-state index in [1.807, 2.05) is 37.3 Å². The van der Waals surface area contributed by atoms with Crippen molar-refractivity contribution in [2.75, 3.05) is 7.11 Å². The van der Waals surface area contributed by atoms with Gasteiger partial charge in [-0.3, -0.25) is 4.79 Å². The summed E-state index contributed by atoms with van der Waals surface area (Å²) >= 11 is 0. The topological polar surface area (TPSA) is 35.5 Å². The first-order valence-electron chi connectivity index (χ1n) is 6.16. The third-order valence-electron chi connectivity index (χ3n) is 2.64. The van der Waals surface area contributed by atoms with Crippen LogP contribution in [0, 0.1) is 5.92 Å². The minimum absolute atomic E-state index is 0.231. The molecule has 3 nitrogen and oxygen atoms in total. The summed E-state index contributed by atoms with van der Waals surface area (Å²) in [5, 5.41) is 0. The molecule has 1 aromatic carbocycles. The molecule has 0 heterocycles. The average molecular weight is 266 g/mol. The zero-order valence-electron chi connectivity index (χ0n) is 11.8. The molecule has 4 heteroatoms. The highest BCUT2D eigenvalue weighted by Gasteiger charge is 2.31. The fourth-order valence-electron chi connectivity index (χ4n) is 1.79. The van der Waals surface area contributed by atoms with E-state index in [-0.39, 0.29) is 18.0 Å². The van der Waals surface area contributed by atoms with Crippen LogP contribution in [0.15, 0.2) is 30.3 Å². The third-order valence-corrected chi connectivity index (χ3v) is 3.60. The van der Waals surface area contributed by atoms with Crippen LogP contribution < -0.4 is 0 Å². The molecule has 1 rings (SSSR count). The Labute approximate surface area is 110 Å². The summed E-state index contributed by atoms with van der Waals surface area (Å²) in [4.78, 5) is 11.7. The van der Waals surface area contributed by atoms with Gasteiger partial charge in [-0.25, -0.2) is 0 Å². The van der Waals surface area contributed by atoms with E-state index >= 15 is 0 Å². The van der Waals surface area contributed by atoms with Crippen LogP contribution in [-0.2, 0) is 14.0 Å². The molecule has 0 bridgehead atoms. The molecule has 0 spiro atoms. The summed E-state index contributed by atoms with van der Waals surface area (Å²) in [7, 11) is -0.320. The van der Waals surface area contributed by atoms with Crippen LogP contribution in [0.5, 0.6) is 0 Å². The molecule has 0 saturated carbocycles. The van der Waals surface area contributed by atoms with Crippen molar-refractivity contribution in [1.82, 2.24) is 0 Å². The van der Waals surface area contributed by atoms with Gasteiger partial charge in [0.25, 0.3) is 0 Å². The molecule has 0 aliphatic carbocycles. The third kappa shape index (κ3) is 4.27. The minimum atomic E-state index is -1.73. The molecule has 0 aliphatic heterocycles. The van der Waals surface area contributed by atoms with Crippen LogP contribution in [0.25, 0.3) is 0 Å². The molecule has 0 fully saturated rings. The summed E-state index contributed by atoms with van der Waals surface area (Å²) in [5.74, 6) is -0.536. The zero-order valence-corrected chi connectivity index (χ0v) is 12.8. The van der Waals surface area contributed by atoms with Crippen LogP contribution in [-0.4, -0.2) is 21.4 Å². The molecule has 1 aromatic rings. The second kappa shape index (κ2) is 6.16. The van der Waals surface area contributed by atoms with Crippen LogP contribution in [0.3, 0.4) is 0 Å². The number of rotatable bonds is 5. The second-order valence-corrected chi connectivity index (χ2v) is 9.83. The summed E-state index contributed by atoms with van der Waals surface area (Å²) in [5.41, 5.74) is 1.03. The van der Waals surface area contributed by atoms with E-state index in [0.717, 1.165) is 5.56 Å². The van der Waals surface area contributed by atoms with Gasteiger partial charge in [0.05, 0.1) is 19.1 Å². The lowest BCUT2D eigenvalue weighted by Crippen LogP contribution is -2.33. The van der Waals surface area contributed by atoms with Crippen LogP contribution >= 0.6 is 0 Å². The van der Waals surface area contributed by atoms with Gasteiger partial charge in [-0.05, 0) is 32.1 Å². The van der Waals surface area contributed by atoms with E-state index < -0.39 is 8.32 Å². The van der Waals surface area contributed by atoms with Crippen molar-refractivity contribution in [1.29, 1.82) is 0 Å².